The summed E-state index contributed by atoms with van der Waals surface area (Å²) in [5, 5.41) is 11.8. The molecule has 0 atom stereocenters. The molecule has 5 nitrogen and oxygen atoms in total. The molecule has 0 amide bonds. The molecule has 0 saturated heterocycles. The van der Waals surface area contributed by atoms with E-state index in [1.165, 1.54) is 5.56 Å². The predicted molar refractivity (Wildman–Crippen MR) is 121 cm³/mol. The summed E-state index contributed by atoms with van der Waals surface area (Å²) >= 11 is 5.37. The Bertz CT molecular complexity index is 1170. The average molecular weight is 415 g/mol. The van der Waals surface area contributed by atoms with Crippen LogP contribution >= 0.6 is 12.2 Å². The molecule has 4 rings (SSSR count). The van der Waals surface area contributed by atoms with E-state index in [0.29, 0.717) is 11.4 Å². The van der Waals surface area contributed by atoms with E-state index in [-0.39, 0.29) is 0 Å². The van der Waals surface area contributed by atoms with Crippen molar-refractivity contribution in [3.8, 4) is 5.75 Å². The molecule has 4 aromatic rings. The van der Waals surface area contributed by atoms with Crippen molar-refractivity contribution in [2.75, 3.05) is 0 Å². The van der Waals surface area contributed by atoms with Gasteiger partial charge in [-0.05, 0) is 41.9 Å². The molecule has 1 N–H and O–H groups in total. The Morgan fingerprint density at radius 3 is 2.30 bits per heavy atom. The molecule has 3 aromatic carbocycles. The van der Waals surface area contributed by atoms with Crippen LogP contribution in [0.4, 0.5) is 0 Å². The standard InChI is InChI=1S/C24H22N4OS/c30-24-27-26-23(16-15-19-9-3-1-4-10-19)28(24)25-17-21-13-7-8-14-22(21)29-18-20-11-5-2-6-12-20/h1-14,17H,15-16,18H2,(H,27,30)/b25-17-. The molecule has 150 valence electrons. The van der Waals surface area contributed by atoms with Gasteiger partial charge in [-0.1, -0.05) is 72.8 Å². The lowest BCUT2D eigenvalue weighted by Gasteiger charge is -2.09. The summed E-state index contributed by atoms with van der Waals surface area (Å²) in [6, 6.07) is 28.2. The van der Waals surface area contributed by atoms with Crippen LogP contribution in [0.15, 0.2) is 90.0 Å². The molecule has 0 fully saturated rings. The fourth-order valence-corrected chi connectivity index (χ4v) is 3.28. The van der Waals surface area contributed by atoms with Gasteiger partial charge in [0.2, 0.25) is 4.77 Å². The highest BCUT2D eigenvalue weighted by molar-refractivity contribution is 7.71. The SMILES string of the molecule is S=c1[nH]nc(CCc2ccccc2)n1/N=C\c1ccccc1OCc1ccccc1. The molecule has 0 spiro atoms. The molecular formula is C24H22N4OS. The zero-order valence-corrected chi connectivity index (χ0v) is 17.3. The molecule has 0 aliphatic rings. The second-order valence-corrected chi connectivity index (χ2v) is 7.19. The molecular weight excluding hydrogens is 392 g/mol. The smallest absolute Gasteiger partial charge is 0.216 e. The first-order valence-electron chi connectivity index (χ1n) is 9.80. The molecule has 1 aromatic heterocycles. The van der Waals surface area contributed by atoms with Gasteiger partial charge in [0.15, 0.2) is 5.82 Å². The summed E-state index contributed by atoms with van der Waals surface area (Å²) in [7, 11) is 0. The quantitative estimate of drug-likeness (QED) is 0.319. The Morgan fingerprint density at radius 2 is 1.53 bits per heavy atom. The van der Waals surface area contributed by atoms with Crippen LogP contribution < -0.4 is 4.74 Å². The van der Waals surface area contributed by atoms with E-state index in [2.05, 4.69) is 27.4 Å². The molecule has 0 aliphatic carbocycles. The maximum atomic E-state index is 6.01. The second kappa shape index (κ2) is 9.80. The van der Waals surface area contributed by atoms with E-state index in [1.807, 2.05) is 72.8 Å². The van der Waals surface area contributed by atoms with Crippen LogP contribution in [0.25, 0.3) is 0 Å². The van der Waals surface area contributed by atoms with Crippen molar-refractivity contribution in [1.82, 2.24) is 14.9 Å². The number of nitrogens with one attached hydrogen (secondary N) is 1. The first-order chi connectivity index (χ1) is 14.8. The Balaban J connectivity index is 1.49. The van der Waals surface area contributed by atoms with Gasteiger partial charge in [-0.2, -0.15) is 14.9 Å². The number of H-pyrrole nitrogens is 1. The average Bonchev–Trinajstić information content (AvgIpc) is 3.16. The number of aromatic amines is 1. The van der Waals surface area contributed by atoms with E-state index in [4.69, 9.17) is 17.0 Å². The van der Waals surface area contributed by atoms with E-state index >= 15 is 0 Å². The van der Waals surface area contributed by atoms with Gasteiger partial charge >= 0.3 is 0 Å². The zero-order valence-electron chi connectivity index (χ0n) is 16.4. The molecule has 6 heteroatoms. The number of para-hydroxylation sites is 1. The van der Waals surface area contributed by atoms with Gasteiger partial charge in [0.05, 0.1) is 6.21 Å². The van der Waals surface area contributed by atoms with Gasteiger partial charge in [-0.15, -0.1) is 0 Å². The molecule has 0 unspecified atom stereocenters. The van der Waals surface area contributed by atoms with Crippen molar-refractivity contribution in [1.29, 1.82) is 0 Å². The second-order valence-electron chi connectivity index (χ2n) is 6.80. The highest BCUT2D eigenvalue weighted by atomic mass is 32.1. The molecule has 30 heavy (non-hydrogen) atoms. The molecule has 1 heterocycles. The summed E-state index contributed by atoms with van der Waals surface area (Å²) in [5.74, 6) is 1.56. The number of hydrogen-bond donors (Lipinski definition) is 1. The van der Waals surface area contributed by atoms with Gasteiger partial charge in [-0.25, -0.2) is 0 Å². The minimum atomic E-state index is 0.469. The fraction of sp³-hybridized carbons (Fsp3) is 0.125. The highest BCUT2D eigenvalue weighted by Crippen LogP contribution is 2.18. The van der Waals surface area contributed by atoms with E-state index < -0.39 is 0 Å². The fourth-order valence-electron chi connectivity index (χ4n) is 3.08. The normalized spacial score (nSPS) is 11.1. The largest absolute Gasteiger partial charge is 0.488 e. The van der Waals surface area contributed by atoms with Gasteiger partial charge in [0.1, 0.15) is 12.4 Å². The van der Waals surface area contributed by atoms with Gasteiger partial charge in [-0.3, -0.25) is 5.10 Å². The Labute approximate surface area is 180 Å². The number of benzene rings is 3. The third kappa shape index (κ3) is 5.10. The first-order valence-corrected chi connectivity index (χ1v) is 10.2. The van der Waals surface area contributed by atoms with Crippen molar-refractivity contribution in [2.45, 2.75) is 19.4 Å². The molecule has 0 bridgehead atoms. The van der Waals surface area contributed by atoms with Gasteiger partial charge in [0, 0.05) is 12.0 Å². The summed E-state index contributed by atoms with van der Waals surface area (Å²) in [4.78, 5) is 0. The maximum Gasteiger partial charge on any atom is 0.216 e. The number of nitrogens with zero attached hydrogens (tertiary/aromatic N) is 3. The lowest BCUT2D eigenvalue weighted by molar-refractivity contribution is 0.306. The minimum Gasteiger partial charge on any atom is -0.488 e. The summed E-state index contributed by atoms with van der Waals surface area (Å²) in [6.45, 7) is 0.499. The third-order valence-electron chi connectivity index (χ3n) is 4.67. The maximum absolute atomic E-state index is 6.01. The minimum absolute atomic E-state index is 0.469. The molecule has 0 saturated carbocycles. The van der Waals surface area contributed by atoms with Crippen molar-refractivity contribution < 1.29 is 4.74 Å². The lowest BCUT2D eigenvalue weighted by atomic mass is 10.1. The monoisotopic (exact) mass is 414 g/mol. The van der Waals surface area contributed by atoms with E-state index in [1.54, 1.807) is 10.9 Å². The lowest BCUT2D eigenvalue weighted by Crippen LogP contribution is -2.02. The summed E-state index contributed by atoms with van der Waals surface area (Å²) < 4.78 is 8.15. The Kier molecular flexibility index (Phi) is 6.47. The van der Waals surface area contributed by atoms with Crippen molar-refractivity contribution >= 4 is 18.4 Å². The molecule has 0 radical (unpaired) electrons. The third-order valence-corrected chi connectivity index (χ3v) is 4.93. The number of rotatable bonds is 8. The van der Waals surface area contributed by atoms with Crippen LogP contribution in [0.3, 0.4) is 0 Å². The van der Waals surface area contributed by atoms with Crippen molar-refractivity contribution in [3.63, 3.8) is 0 Å². The summed E-state index contributed by atoms with van der Waals surface area (Å²) in [5.41, 5.74) is 3.25. The van der Waals surface area contributed by atoms with Crippen LogP contribution in [-0.4, -0.2) is 21.1 Å². The Morgan fingerprint density at radius 1 is 0.867 bits per heavy atom. The van der Waals surface area contributed by atoms with E-state index in [0.717, 1.165) is 35.5 Å². The number of aryl methyl sites for hydroxylation is 2. The Hall–Kier alpha value is -3.51. The summed E-state index contributed by atoms with van der Waals surface area (Å²) in [6.07, 6.45) is 3.37. The topological polar surface area (TPSA) is 55.2 Å². The van der Waals surface area contributed by atoms with Gasteiger partial charge in [0.25, 0.3) is 0 Å². The van der Waals surface area contributed by atoms with Crippen LogP contribution in [0, 0.1) is 4.77 Å². The highest BCUT2D eigenvalue weighted by Gasteiger charge is 2.07. The molecule has 0 aliphatic heterocycles. The van der Waals surface area contributed by atoms with Gasteiger partial charge < -0.3 is 4.74 Å². The predicted octanol–water partition coefficient (Wildman–Crippen LogP) is 5.19. The van der Waals surface area contributed by atoms with Crippen LogP contribution in [-0.2, 0) is 19.4 Å². The van der Waals surface area contributed by atoms with Crippen LogP contribution in [0.5, 0.6) is 5.75 Å². The number of ether oxygens (including phenoxy) is 1. The van der Waals surface area contributed by atoms with E-state index in [9.17, 15) is 0 Å². The van der Waals surface area contributed by atoms with Crippen LogP contribution in [0.2, 0.25) is 0 Å². The zero-order chi connectivity index (χ0) is 20.6. The first kappa shape index (κ1) is 19.8. The number of hydrogen-bond acceptors (Lipinski definition) is 4. The number of aromatic nitrogens is 3. The van der Waals surface area contributed by atoms with Crippen molar-refractivity contribution in [2.24, 2.45) is 5.10 Å². The van der Waals surface area contributed by atoms with Crippen molar-refractivity contribution in [3.05, 3.63) is 112 Å². The van der Waals surface area contributed by atoms with Crippen LogP contribution in [0.1, 0.15) is 22.5 Å².